The molecule has 0 saturated heterocycles. The minimum atomic E-state index is -0.205. The van der Waals surface area contributed by atoms with Gasteiger partial charge in [-0.2, -0.15) is 0 Å². The number of carbonyl (C=O) groups is 1. The number of carbonyl (C=O) groups excluding carboxylic acids is 1. The van der Waals surface area contributed by atoms with Gasteiger partial charge in [-0.05, 0) is 30.7 Å². The molecule has 7 heteroatoms. The molecule has 1 heterocycles. The fraction of sp³-hybridized carbons (Fsp3) is 0.167. The molecule has 0 aliphatic rings. The van der Waals surface area contributed by atoms with Gasteiger partial charge in [0.25, 0.3) is 5.56 Å². The predicted octanol–water partition coefficient (Wildman–Crippen LogP) is 3.63. The lowest BCUT2D eigenvalue weighted by Gasteiger charge is -2.11. The van der Waals surface area contributed by atoms with Crippen LogP contribution in [-0.4, -0.2) is 21.2 Å². The fourth-order valence-electron chi connectivity index (χ4n) is 2.42. The minimum Gasteiger partial charge on any atom is -0.324 e. The first-order valence-electron chi connectivity index (χ1n) is 7.61. The highest BCUT2D eigenvalue weighted by atomic mass is 35.5. The van der Waals surface area contributed by atoms with E-state index in [1.54, 1.807) is 31.3 Å². The van der Waals surface area contributed by atoms with Crippen LogP contribution in [0.1, 0.15) is 5.56 Å². The van der Waals surface area contributed by atoms with Crippen LogP contribution in [0.5, 0.6) is 0 Å². The molecule has 1 amide bonds. The number of amides is 1. The van der Waals surface area contributed by atoms with Crippen molar-refractivity contribution in [3.63, 3.8) is 0 Å². The van der Waals surface area contributed by atoms with Gasteiger partial charge >= 0.3 is 0 Å². The Labute approximate surface area is 154 Å². The van der Waals surface area contributed by atoms with Crippen molar-refractivity contribution < 1.29 is 4.79 Å². The zero-order chi connectivity index (χ0) is 18.0. The maximum Gasteiger partial charge on any atom is 0.261 e. The zero-order valence-corrected chi connectivity index (χ0v) is 15.3. The van der Waals surface area contributed by atoms with Gasteiger partial charge in [0, 0.05) is 7.05 Å². The quantitative estimate of drug-likeness (QED) is 0.560. The number of fused-ring (bicyclic) bond motifs is 1. The van der Waals surface area contributed by atoms with Gasteiger partial charge in [0.1, 0.15) is 0 Å². The molecule has 1 aromatic heterocycles. The van der Waals surface area contributed by atoms with E-state index in [1.807, 2.05) is 25.1 Å². The molecule has 0 aliphatic carbocycles. The first kappa shape index (κ1) is 17.5. The lowest BCUT2D eigenvalue weighted by Crippen LogP contribution is -2.21. The van der Waals surface area contributed by atoms with Crippen molar-refractivity contribution in [1.82, 2.24) is 9.55 Å². The van der Waals surface area contributed by atoms with Crippen molar-refractivity contribution in [3.8, 4) is 0 Å². The SMILES string of the molecule is Cc1cccc(Cl)c1NC(=O)CSc1nc2ccccc2c(=O)n1C. The van der Waals surface area contributed by atoms with E-state index in [0.29, 0.717) is 26.8 Å². The second-order valence-corrected chi connectivity index (χ2v) is 6.89. The molecule has 0 bridgehead atoms. The van der Waals surface area contributed by atoms with Crippen LogP contribution >= 0.6 is 23.4 Å². The van der Waals surface area contributed by atoms with E-state index in [-0.39, 0.29) is 17.2 Å². The summed E-state index contributed by atoms with van der Waals surface area (Å²) in [6.07, 6.45) is 0. The highest BCUT2D eigenvalue weighted by molar-refractivity contribution is 7.99. The van der Waals surface area contributed by atoms with E-state index in [9.17, 15) is 9.59 Å². The van der Waals surface area contributed by atoms with Crippen LogP contribution in [0.3, 0.4) is 0 Å². The number of hydrogen-bond donors (Lipinski definition) is 1. The number of aryl methyl sites for hydroxylation is 1. The third kappa shape index (κ3) is 3.70. The number of nitrogens with zero attached hydrogens (tertiary/aromatic N) is 2. The average molecular weight is 374 g/mol. The Kier molecular flexibility index (Phi) is 5.11. The van der Waals surface area contributed by atoms with E-state index < -0.39 is 0 Å². The standard InChI is InChI=1S/C18H16ClN3O2S/c1-11-6-5-8-13(19)16(11)21-15(23)10-25-18-20-14-9-4-3-7-12(14)17(24)22(18)2/h3-9H,10H2,1-2H3,(H,21,23). The summed E-state index contributed by atoms with van der Waals surface area (Å²) < 4.78 is 1.46. The van der Waals surface area contributed by atoms with Gasteiger partial charge in [-0.15, -0.1) is 0 Å². The number of hydrogen-bond acceptors (Lipinski definition) is 4. The van der Waals surface area contributed by atoms with Crippen LogP contribution in [0.25, 0.3) is 10.9 Å². The maximum absolute atomic E-state index is 12.4. The molecular formula is C18H16ClN3O2S. The zero-order valence-electron chi connectivity index (χ0n) is 13.7. The third-order valence-corrected chi connectivity index (χ3v) is 5.11. The largest absolute Gasteiger partial charge is 0.324 e. The molecule has 3 aromatic rings. The highest BCUT2D eigenvalue weighted by Crippen LogP contribution is 2.25. The van der Waals surface area contributed by atoms with Gasteiger partial charge in [-0.25, -0.2) is 4.98 Å². The van der Waals surface area contributed by atoms with E-state index in [0.717, 1.165) is 5.56 Å². The lowest BCUT2D eigenvalue weighted by atomic mass is 10.2. The van der Waals surface area contributed by atoms with Crippen LogP contribution < -0.4 is 10.9 Å². The van der Waals surface area contributed by atoms with Crippen molar-refractivity contribution >= 4 is 45.9 Å². The van der Waals surface area contributed by atoms with Crippen molar-refractivity contribution in [2.75, 3.05) is 11.1 Å². The molecule has 0 fully saturated rings. The molecule has 0 saturated carbocycles. The number of thioether (sulfide) groups is 1. The van der Waals surface area contributed by atoms with Gasteiger partial charge < -0.3 is 5.32 Å². The first-order valence-corrected chi connectivity index (χ1v) is 8.97. The molecule has 0 aliphatic heterocycles. The minimum absolute atomic E-state index is 0.128. The number of benzene rings is 2. The van der Waals surface area contributed by atoms with Crippen molar-refractivity contribution in [2.45, 2.75) is 12.1 Å². The molecule has 0 atom stereocenters. The molecule has 128 valence electrons. The summed E-state index contributed by atoms with van der Waals surface area (Å²) in [6.45, 7) is 1.88. The summed E-state index contributed by atoms with van der Waals surface area (Å²) in [5, 5.41) is 4.36. The fourth-order valence-corrected chi connectivity index (χ4v) is 3.46. The Balaban J connectivity index is 1.78. The topological polar surface area (TPSA) is 64.0 Å². The average Bonchev–Trinajstić information content (AvgIpc) is 2.60. The molecule has 0 spiro atoms. The summed E-state index contributed by atoms with van der Waals surface area (Å²) in [5.41, 5.74) is 1.99. The maximum atomic E-state index is 12.4. The van der Waals surface area contributed by atoms with Gasteiger partial charge in [0.2, 0.25) is 5.91 Å². The Morgan fingerprint density at radius 2 is 2.00 bits per heavy atom. The molecule has 3 rings (SSSR count). The Bertz CT molecular complexity index is 997. The van der Waals surface area contributed by atoms with Crippen LogP contribution in [0, 0.1) is 6.92 Å². The second kappa shape index (κ2) is 7.29. The van der Waals surface area contributed by atoms with Crippen molar-refractivity contribution in [3.05, 3.63) is 63.4 Å². The Morgan fingerprint density at radius 1 is 1.24 bits per heavy atom. The van der Waals surface area contributed by atoms with E-state index in [2.05, 4.69) is 10.3 Å². The molecular weight excluding hydrogens is 358 g/mol. The summed E-state index contributed by atoms with van der Waals surface area (Å²) in [6, 6.07) is 12.6. The number of aromatic nitrogens is 2. The molecule has 2 aromatic carbocycles. The van der Waals surface area contributed by atoms with Gasteiger partial charge in [0.15, 0.2) is 5.16 Å². The number of rotatable bonds is 4. The number of para-hydroxylation sites is 2. The van der Waals surface area contributed by atoms with Crippen LogP contribution in [0.2, 0.25) is 5.02 Å². The van der Waals surface area contributed by atoms with Gasteiger partial charge in [-0.1, -0.05) is 47.6 Å². The van der Waals surface area contributed by atoms with E-state index in [4.69, 9.17) is 11.6 Å². The predicted molar refractivity (Wildman–Crippen MR) is 103 cm³/mol. The summed E-state index contributed by atoms with van der Waals surface area (Å²) in [4.78, 5) is 29.1. The number of nitrogens with one attached hydrogen (secondary N) is 1. The first-order chi connectivity index (χ1) is 12.0. The van der Waals surface area contributed by atoms with Gasteiger partial charge in [0.05, 0.1) is 27.4 Å². The molecule has 0 radical (unpaired) electrons. The van der Waals surface area contributed by atoms with Crippen LogP contribution in [0.4, 0.5) is 5.69 Å². The second-order valence-electron chi connectivity index (χ2n) is 5.54. The summed E-state index contributed by atoms with van der Waals surface area (Å²) in [5.74, 6) is -0.0767. The highest BCUT2D eigenvalue weighted by Gasteiger charge is 2.12. The van der Waals surface area contributed by atoms with E-state index >= 15 is 0 Å². The molecule has 5 nitrogen and oxygen atoms in total. The molecule has 1 N–H and O–H groups in total. The molecule has 25 heavy (non-hydrogen) atoms. The Hall–Kier alpha value is -2.31. The smallest absolute Gasteiger partial charge is 0.261 e. The number of anilines is 1. The molecule has 0 unspecified atom stereocenters. The van der Waals surface area contributed by atoms with E-state index in [1.165, 1.54) is 16.3 Å². The van der Waals surface area contributed by atoms with Crippen molar-refractivity contribution in [2.24, 2.45) is 7.05 Å². The lowest BCUT2D eigenvalue weighted by molar-refractivity contribution is -0.113. The van der Waals surface area contributed by atoms with Crippen LogP contribution in [-0.2, 0) is 11.8 Å². The third-order valence-electron chi connectivity index (χ3n) is 3.76. The van der Waals surface area contributed by atoms with Gasteiger partial charge in [-0.3, -0.25) is 14.2 Å². The Morgan fingerprint density at radius 3 is 2.76 bits per heavy atom. The normalized spacial score (nSPS) is 10.8. The van der Waals surface area contributed by atoms with Crippen LogP contribution in [0.15, 0.2) is 52.4 Å². The number of halogens is 1. The summed E-state index contributed by atoms with van der Waals surface area (Å²) in [7, 11) is 1.65. The monoisotopic (exact) mass is 373 g/mol. The van der Waals surface area contributed by atoms with Crippen molar-refractivity contribution in [1.29, 1.82) is 0 Å². The summed E-state index contributed by atoms with van der Waals surface area (Å²) >= 11 is 7.33.